The smallest absolute Gasteiger partial charge is 0.262 e. The van der Waals surface area contributed by atoms with Crippen LogP contribution in [-0.2, 0) is 4.79 Å². The number of nitrogens with one attached hydrogen (secondary N) is 1. The molecule has 0 saturated carbocycles. The van der Waals surface area contributed by atoms with E-state index in [2.05, 4.69) is 10.3 Å². The van der Waals surface area contributed by atoms with Gasteiger partial charge in [0.15, 0.2) is 18.2 Å². The second-order valence-corrected chi connectivity index (χ2v) is 7.94. The van der Waals surface area contributed by atoms with Crippen LogP contribution in [0.25, 0.3) is 11.1 Å². The van der Waals surface area contributed by atoms with Gasteiger partial charge >= 0.3 is 0 Å². The van der Waals surface area contributed by atoms with Crippen LogP contribution in [0.2, 0.25) is 0 Å². The summed E-state index contributed by atoms with van der Waals surface area (Å²) in [6.45, 7) is 0.741. The first-order valence-electron chi connectivity index (χ1n) is 10.4. The first-order valence-corrected chi connectivity index (χ1v) is 10.4. The van der Waals surface area contributed by atoms with Gasteiger partial charge in [-0.3, -0.25) is 14.6 Å². The van der Waals surface area contributed by atoms with Crippen LogP contribution in [0.4, 0.5) is 14.5 Å². The summed E-state index contributed by atoms with van der Waals surface area (Å²) in [6, 6.07) is 10.7. The van der Waals surface area contributed by atoms with Gasteiger partial charge < -0.3 is 19.7 Å². The third-order valence-corrected chi connectivity index (χ3v) is 5.58. The van der Waals surface area contributed by atoms with E-state index in [1.807, 2.05) is 6.07 Å². The first kappa shape index (κ1) is 20.9. The van der Waals surface area contributed by atoms with Crippen molar-refractivity contribution in [1.29, 1.82) is 0 Å². The predicted octanol–water partition coefficient (Wildman–Crippen LogP) is 3.51. The number of benzene rings is 2. The monoisotopic (exact) mass is 451 g/mol. The Kier molecular flexibility index (Phi) is 5.37. The number of likely N-dealkylation sites (tertiary alicyclic amines) is 1. The van der Waals surface area contributed by atoms with Crippen LogP contribution in [0.3, 0.4) is 0 Å². The van der Waals surface area contributed by atoms with Gasteiger partial charge in [-0.25, -0.2) is 8.78 Å². The van der Waals surface area contributed by atoms with E-state index < -0.39 is 17.5 Å². The number of anilines is 1. The van der Waals surface area contributed by atoms with Crippen molar-refractivity contribution in [2.24, 2.45) is 5.92 Å². The number of fused-ring (bicyclic) bond motifs is 1. The third-order valence-electron chi connectivity index (χ3n) is 5.58. The van der Waals surface area contributed by atoms with Crippen LogP contribution in [0.15, 0.2) is 54.9 Å². The fraction of sp³-hybridized carbons (Fsp3) is 0.208. The molecule has 2 aromatic carbocycles. The van der Waals surface area contributed by atoms with Gasteiger partial charge in [0.25, 0.3) is 11.8 Å². The van der Waals surface area contributed by atoms with E-state index in [4.69, 9.17) is 9.47 Å². The minimum absolute atomic E-state index is 0.00456. The maximum absolute atomic E-state index is 14.5. The van der Waals surface area contributed by atoms with E-state index in [-0.39, 0.29) is 47.8 Å². The number of nitrogens with zero attached hydrogens (tertiary/aromatic N) is 2. The number of aromatic nitrogens is 1. The molecular formula is C24H19F2N3O4. The molecule has 9 heteroatoms. The van der Waals surface area contributed by atoms with E-state index in [1.165, 1.54) is 17.0 Å². The Balaban J connectivity index is 1.18. The molecule has 1 fully saturated rings. The quantitative estimate of drug-likeness (QED) is 0.642. The van der Waals surface area contributed by atoms with Gasteiger partial charge in [-0.15, -0.1) is 0 Å². The average molecular weight is 451 g/mol. The molecule has 2 aliphatic rings. The minimum Gasteiger partial charge on any atom is -0.490 e. The maximum atomic E-state index is 14.5. The average Bonchev–Trinajstić information content (AvgIpc) is 2.79. The number of carbonyl (C=O) groups excluding carboxylic acids is 2. The lowest BCUT2D eigenvalue weighted by molar-refractivity contribution is -0.118. The molecule has 5 rings (SSSR count). The van der Waals surface area contributed by atoms with Crippen molar-refractivity contribution in [1.82, 2.24) is 9.88 Å². The molecule has 0 aliphatic carbocycles. The zero-order valence-electron chi connectivity index (χ0n) is 17.4. The molecule has 2 amide bonds. The minimum atomic E-state index is -0.717. The van der Waals surface area contributed by atoms with Gasteiger partial charge in [-0.2, -0.15) is 0 Å². The van der Waals surface area contributed by atoms with Crippen LogP contribution >= 0.6 is 0 Å². The van der Waals surface area contributed by atoms with Crippen LogP contribution < -0.4 is 14.8 Å². The number of pyridine rings is 1. The van der Waals surface area contributed by atoms with Crippen molar-refractivity contribution in [3.63, 3.8) is 0 Å². The third kappa shape index (κ3) is 4.21. The van der Waals surface area contributed by atoms with Crippen LogP contribution in [0.1, 0.15) is 10.4 Å². The van der Waals surface area contributed by atoms with Gasteiger partial charge in [0, 0.05) is 43.0 Å². The lowest BCUT2D eigenvalue weighted by Crippen LogP contribution is -2.52. The number of ether oxygens (including phenoxy) is 2. The normalized spacial score (nSPS) is 15.2. The molecule has 1 N–H and O–H groups in total. The predicted molar refractivity (Wildman–Crippen MR) is 115 cm³/mol. The van der Waals surface area contributed by atoms with Crippen molar-refractivity contribution in [3.05, 3.63) is 72.1 Å². The first-order chi connectivity index (χ1) is 16.0. The second-order valence-electron chi connectivity index (χ2n) is 7.94. The van der Waals surface area contributed by atoms with Crippen molar-refractivity contribution in [2.75, 3.05) is 31.6 Å². The summed E-state index contributed by atoms with van der Waals surface area (Å²) < 4.78 is 39.6. The van der Waals surface area contributed by atoms with Crippen molar-refractivity contribution < 1.29 is 27.8 Å². The Bertz CT molecular complexity index is 1230. The maximum Gasteiger partial charge on any atom is 0.262 e. The molecule has 0 spiro atoms. The summed E-state index contributed by atoms with van der Waals surface area (Å²) in [7, 11) is 0. The van der Waals surface area contributed by atoms with Gasteiger partial charge in [0.05, 0.1) is 17.9 Å². The summed E-state index contributed by atoms with van der Waals surface area (Å²) >= 11 is 0. The highest BCUT2D eigenvalue weighted by atomic mass is 19.1. The molecule has 1 aromatic heterocycles. The Hall–Kier alpha value is -4.01. The van der Waals surface area contributed by atoms with Gasteiger partial charge in [-0.1, -0.05) is 12.1 Å². The number of halogens is 2. The lowest BCUT2D eigenvalue weighted by Gasteiger charge is -2.39. The van der Waals surface area contributed by atoms with Crippen LogP contribution in [0.5, 0.6) is 11.5 Å². The molecular weight excluding hydrogens is 432 g/mol. The fourth-order valence-electron chi connectivity index (χ4n) is 3.82. The van der Waals surface area contributed by atoms with E-state index in [0.29, 0.717) is 18.7 Å². The van der Waals surface area contributed by atoms with E-state index in [0.717, 1.165) is 11.6 Å². The van der Waals surface area contributed by atoms with Gasteiger partial charge in [-0.05, 0) is 29.8 Å². The topological polar surface area (TPSA) is 80.8 Å². The summed E-state index contributed by atoms with van der Waals surface area (Å²) in [5, 5.41) is 2.56. The summed E-state index contributed by atoms with van der Waals surface area (Å²) in [4.78, 5) is 29.7. The van der Waals surface area contributed by atoms with Gasteiger partial charge in [0.1, 0.15) is 11.6 Å². The zero-order valence-corrected chi connectivity index (χ0v) is 17.4. The Morgan fingerprint density at radius 3 is 2.76 bits per heavy atom. The number of rotatable bonds is 5. The molecule has 0 bridgehead atoms. The Morgan fingerprint density at radius 1 is 1.15 bits per heavy atom. The number of amides is 2. The highest BCUT2D eigenvalue weighted by Crippen LogP contribution is 2.32. The largest absolute Gasteiger partial charge is 0.490 e. The molecule has 33 heavy (non-hydrogen) atoms. The molecule has 0 unspecified atom stereocenters. The summed E-state index contributed by atoms with van der Waals surface area (Å²) in [5.74, 6) is -1.74. The molecule has 3 aromatic rings. The van der Waals surface area contributed by atoms with E-state index in [1.54, 1.807) is 30.6 Å². The van der Waals surface area contributed by atoms with Crippen LogP contribution in [-0.4, -0.2) is 48.0 Å². The van der Waals surface area contributed by atoms with Gasteiger partial charge in [0.2, 0.25) is 0 Å². The SMILES string of the molecule is O=C1COc2cc(F)c(C(=O)N3CC(COc4ccc(-c5cccnc5)cc4F)C3)cc2N1. The number of hydrogen-bond donors (Lipinski definition) is 1. The molecule has 3 heterocycles. The number of carbonyl (C=O) groups is 2. The highest BCUT2D eigenvalue weighted by molar-refractivity contribution is 6.00. The zero-order chi connectivity index (χ0) is 22.9. The summed E-state index contributed by atoms with van der Waals surface area (Å²) in [5.41, 5.74) is 1.62. The Morgan fingerprint density at radius 2 is 2.00 bits per heavy atom. The molecule has 7 nitrogen and oxygen atoms in total. The molecule has 0 atom stereocenters. The Labute approximate surface area is 187 Å². The molecule has 0 radical (unpaired) electrons. The van der Waals surface area contributed by atoms with E-state index in [9.17, 15) is 18.4 Å². The van der Waals surface area contributed by atoms with Crippen LogP contribution in [0, 0.1) is 17.6 Å². The van der Waals surface area contributed by atoms with Crippen molar-refractivity contribution in [2.45, 2.75) is 0 Å². The molecule has 168 valence electrons. The molecule has 1 saturated heterocycles. The van der Waals surface area contributed by atoms with Crippen molar-refractivity contribution in [3.8, 4) is 22.6 Å². The van der Waals surface area contributed by atoms with Crippen molar-refractivity contribution >= 4 is 17.5 Å². The number of hydrogen-bond acceptors (Lipinski definition) is 5. The van der Waals surface area contributed by atoms with E-state index >= 15 is 0 Å². The highest BCUT2D eigenvalue weighted by Gasteiger charge is 2.34. The second kappa shape index (κ2) is 8.50. The lowest BCUT2D eigenvalue weighted by atomic mass is 9.99. The summed E-state index contributed by atoms with van der Waals surface area (Å²) in [6.07, 6.45) is 3.30. The fourth-order valence-corrected chi connectivity index (χ4v) is 3.82. The molecule has 2 aliphatic heterocycles. The standard InChI is InChI=1S/C24H19F2N3O4/c25-18-8-22-20(28-23(30)13-33-22)7-17(18)24(31)29-10-14(11-29)12-32-21-4-3-15(6-19(21)26)16-2-1-5-27-9-16/h1-9,14H,10-13H2,(H,28,30).